The molecule has 1 heterocycles. The van der Waals surface area contributed by atoms with Gasteiger partial charge in [0.1, 0.15) is 0 Å². The third-order valence-electron chi connectivity index (χ3n) is 6.04. The molecule has 0 atom stereocenters. The molecule has 0 spiro atoms. The number of aryl methyl sites for hydroxylation is 1. The number of ketones is 1. The van der Waals surface area contributed by atoms with E-state index in [9.17, 15) is 23.1 Å². The van der Waals surface area contributed by atoms with Gasteiger partial charge in [0.05, 0.1) is 16.1 Å². The molecule has 0 amide bonds. The molecular formula is C26H27N3O5S. The summed E-state index contributed by atoms with van der Waals surface area (Å²) in [5.41, 5.74) is 3.25. The van der Waals surface area contributed by atoms with Crippen LogP contribution >= 0.6 is 0 Å². The number of anilines is 3. The van der Waals surface area contributed by atoms with Gasteiger partial charge in [-0.2, -0.15) is 0 Å². The fourth-order valence-electron chi connectivity index (χ4n) is 4.16. The second-order valence-corrected chi connectivity index (χ2v) is 10.2. The molecule has 1 aliphatic heterocycles. The summed E-state index contributed by atoms with van der Waals surface area (Å²) in [6.45, 7) is 5.90. The summed E-state index contributed by atoms with van der Waals surface area (Å²) >= 11 is 0. The number of nitrogens with one attached hydrogen (secondary N) is 1. The first-order chi connectivity index (χ1) is 16.6. The van der Waals surface area contributed by atoms with Crippen molar-refractivity contribution in [3.8, 4) is 0 Å². The van der Waals surface area contributed by atoms with Crippen LogP contribution in [0.25, 0.3) is 0 Å². The van der Waals surface area contributed by atoms with Crippen LogP contribution in [-0.4, -0.2) is 51.5 Å². The van der Waals surface area contributed by atoms with Crippen LogP contribution in [0.15, 0.2) is 71.6 Å². The van der Waals surface area contributed by atoms with Crippen LogP contribution in [0.3, 0.4) is 0 Å². The Morgan fingerprint density at radius 3 is 2.14 bits per heavy atom. The van der Waals surface area contributed by atoms with E-state index in [1.807, 2.05) is 29.2 Å². The average molecular weight is 494 g/mol. The molecule has 3 aromatic carbocycles. The highest BCUT2D eigenvalue weighted by atomic mass is 32.2. The zero-order valence-electron chi connectivity index (χ0n) is 19.6. The number of benzene rings is 3. The molecule has 2 N–H and O–H groups in total. The Balaban J connectivity index is 1.50. The number of aromatic carboxylic acids is 1. The van der Waals surface area contributed by atoms with Gasteiger partial charge in [0, 0.05) is 43.1 Å². The average Bonchev–Trinajstić information content (AvgIpc) is 2.84. The van der Waals surface area contributed by atoms with E-state index in [0.29, 0.717) is 37.4 Å². The second-order valence-electron chi connectivity index (χ2n) is 8.54. The molecule has 3 aromatic rings. The lowest BCUT2D eigenvalue weighted by Crippen LogP contribution is -2.47. The highest BCUT2D eigenvalue weighted by Crippen LogP contribution is 2.28. The maximum absolute atomic E-state index is 12.8. The van der Waals surface area contributed by atoms with Crippen molar-refractivity contribution in [1.29, 1.82) is 0 Å². The smallest absolute Gasteiger partial charge is 0.337 e. The van der Waals surface area contributed by atoms with Gasteiger partial charge in [0.15, 0.2) is 5.78 Å². The predicted molar refractivity (Wildman–Crippen MR) is 136 cm³/mol. The third-order valence-corrected chi connectivity index (χ3v) is 7.42. The van der Waals surface area contributed by atoms with E-state index < -0.39 is 16.0 Å². The first-order valence-electron chi connectivity index (χ1n) is 11.2. The lowest BCUT2D eigenvalue weighted by atomic mass is 10.1. The van der Waals surface area contributed by atoms with Crippen molar-refractivity contribution in [1.82, 2.24) is 0 Å². The largest absolute Gasteiger partial charge is 0.478 e. The predicted octanol–water partition coefficient (Wildman–Crippen LogP) is 4.02. The summed E-state index contributed by atoms with van der Waals surface area (Å²) in [7, 11) is -3.85. The van der Waals surface area contributed by atoms with E-state index in [1.165, 1.54) is 19.1 Å². The summed E-state index contributed by atoms with van der Waals surface area (Å²) < 4.78 is 28.0. The van der Waals surface area contributed by atoms with Crippen molar-refractivity contribution in [3.05, 3.63) is 83.4 Å². The Hall–Kier alpha value is -3.85. The molecule has 9 heteroatoms. The molecule has 0 bridgehead atoms. The first kappa shape index (κ1) is 24.3. The summed E-state index contributed by atoms with van der Waals surface area (Å²) in [6, 6.07) is 18.6. The lowest BCUT2D eigenvalue weighted by molar-refractivity contribution is 0.0697. The number of hydrogen-bond donors (Lipinski definition) is 2. The Morgan fingerprint density at radius 2 is 1.54 bits per heavy atom. The SMILES string of the molecule is CC(=O)c1ccc(N2CCN(c3ccc(NS(=O)(=O)c4cccc(C)c4)cc3C(=O)O)CC2)cc1. The minimum absolute atomic E-state index is 0.0205. The topological polar surface area (TPSA) is 107 Å². The normalized spacial score (nSPS) is 14.0. The maximum Gasteiger partial charge on any atom is 0.337 e. The van der Waals surface area contributed by atoms with Crippen molar-refractivity contribution in [3.63, 3.8) is 0 Å². The van der Waals surface area contributed by atoms with Crippen molar-refractivity contribution < 1.29 is 23.1 Å². The van der Waals surface area contributed by atoms with E-state index >= 15 is 0 Å². The summed E-state index contributed by atoms with van der Waals surface area (Å²) in [5, 5.41) is 9.83. The van der Waals surface area contributed by atoms with E-state index in [2.05, 4.69) is 9.62 Å². The Kier molecular flexibility index (Phi) is 6.79. The molecule has 4 rings (SSSR count). The molecule has 182 valence electrons. The number of piperazine rings is 1. The van der Waals surface area contributed by atoms with Crippen LogP contribution in [0.2, 0.25) is 0 Å². The fraction of sp³-hybridized carbons (Fsp3) is 0.231. The fourth-order valence-corrected chi connectivity index (χ4v) is 5.31. The minimum Gasteiger partial charge on any atom is -0.478 e. The zero-order chi connectivity index (χ0) is 25.2. The van der Waals surface area contributed by atoms with Gasteiger partial charge in [0.25, 0.3) is 10.0 Å². The van der Waals surface area contributed by atoms with E-state index in [1.54, 1.807) is 37.3 Å². The highest BCUT2D eigenvalue weighted by molar-refractivity contribution is 7.92. The Morgan fingerprint density at radius 1 is 0.886 bits per heavy atom. The summed E-state index contributed by atoms with van der Waals surface area (Å²) in [4.78, 5) is 27.8. The zero-order valence-corrected chi connectivity index (χ0v) is 20.4. The van der Waals surface area contributed by atoms with Crippen LogP contribution in [0, 0.1) is 6.92 Å². The Labute approximate surface area is 204 Å². The van der Waals surface area contributed by atoms with Gasteiger partial charge in [-0.25, -0.2) is 13.2 Å². The standard InChI is InChI=1S/C26H27N3O5S/c1-18-4-3-5-23(16-18)35(33,34)27-21-8-11-25(24(17-21)26(31)32)29-14-12-28(13-15-29)22-9-6-20(7-10-22)19(2)30/h3-11,16-17,27H,12-15H2,1-2H3,(H,31,32). The van der Waals surface area contributed by atoms with E-state index in [-0.39, 0.29) is 21.9 Å². The number of hydrogen-bond acceptors (Lipinski definition) is 6. The molecule has 8 nitrogen and oxygen atoms in total. The van der Waals surface area contributed by atoms with Crippen molar-refractivity contribution >= 4 is 38.8 Å². The molecule has 0 aliphatic carbocycles. The minimum atomic E-state index is -3.85. The van der Waals surface area contributed by atoms with Gasteiger partial charge in [-0.05, 0) is 74.0 Å². The van der Waals surface area contributed by atoms with Crippen LogP contribution in [-0.2, 0) is 10.0 Å². The number of carboxylic acids is 1. The monoisotopic (exact) mass is 493 g/mol. The quantitative estimate of drug-likeness (QED) is 0.479. The number of rotatable bonds is 7. The molecule has 0 radical (unpaired) electrons. The summed E-state index contributed by atoms with van der Waals surface area (Å²) in [5.74, 6) is -1.11. The number of sulfonamides is 1. The molecule has 1 saturated heterocycles. The highest BCUT2D eigenvalue weighted by Gasteiger charge is 2.23. The molecule has 35 heavy (non-hydrogen) atoms. The second kappa shape index (κ2) is 9.79. The molecular weight excluding hydrogens is 466 g/mol. The molecule has 0 saturated carbocycles. The molecule has 1 fully saturated rings. The van der Waals surface area contributed by atoms with Gasteiger partial charge >= 0.3 is 5.97 Å². The van der Waals surface area contributed by atoms with Crippen molar-refractivity contribution in [2.24, 2.45) is 0 Å². The van der Waals surface area contributed by atoms with E-state index in [0.717, 1.165) is 11.3 Å². The molecule has 1 aliphatic rings. The van der Waals surface area contributed by atoms with Crippen LogP contribution in [0.5, 0.6) is 0 Å². The maximum atomic E-state index is 12.8. The molecule has 0 aromatic heterocycles. The van der Waals surface area contributed by atoms with Crippen molar-refractivity contribution in [2.75, 3.05) is 40.7 Å². The van der Waals surface area contributed by atoms with Crippen molar-refractivity contribution in [2.45, 2.75) is 18.7 Å². The molecule has 0 unspecified atom stereocenters. The van der Waals surface area contributed by atoms with Crippen LogP contribution in [0.4, 0.5) is 17.1 Å². The van der Waals surface area contributed by atoms with Gasteiger partial charge in [-0.1, -0.05) is 12.1 Å². The third kappa shape index (κ3) is 5.46. The number of carbonyl (C=O) groups is 2. The lowest BCUT2D eigenvalue weighted by Gasteiger charge is -2.38. The number of nitrogens with zero attached hydrogens (tertiary/aromatic N) is 2. The van der Waals surface area contributed by atoms with Gasteiger partial charge in [-0.15, -0.1) is 0 Å². The number of carboxylic acid groups (broad SMARTS) is 1. The van der Waals surface area contributed by atoms with Gasteiger partial charge in [-0.3, -0.25) is 9.52 Å². The van der Waals surface area contributed by atoms with Gasteiger partial charge in [0.2, 0.25) is 0 Å². The van der Waals surface area contributed by atoms with Crippen LogP contribution in [0.1, 0.15) is 33.2 Å². The van der Waals surface area contributed by atoms with Crippen LogP contribution < -0.4 is 14.5 Å². The van der Waals surface area contributed by atoms with E-state index in [4.69, 9.17) is 0 Å². The first-order valence-corrected chi connectivity index (χ1v) is 12.7. The number of Topliss-reactive ketones (excluding diaryl/α,β-unsaturated/α-hetero) is 1. The number of carbonyl (C=O) groups excluding carboxylic acids is 1. The summed E-state index contributed by atoms with van der Waals surface area (Å²) in [6.07, 6.45) is 0. The van der Waals surface area contributed by atoms with Gasteiger partial charge < -0.3 is 14.9 Å². The Bertz CT molecular complexity index is 1360.